The van der Waals surface area contributed by atoms with Crippen LogP contribution in [0.4, 0.5) is 10.1 Å². The summed E-state index contributed by atoms with van der Waals surface area (Å²) in [6.07, 6.45) is 3.23. The van der Waals surface area contributed by atoms with Crippen molar-refractivity contribution in [3.8, 4) is 0 Å². The predicted molar refractivity (Wildman–Crippen MR) is 84.8 cm³/mol. The van der Waals surface area contributed by atoms with Crippen LogP contribution in [0.2, 0.25) is 0 Å². The Bertz CT molecular complexity index is 742. The van der Waals surface area contributed by atoms with E-state index in [4.69, 9.17) is 0 Å². The van der Waals surface area contributed by atoms with E-state index in [9.17, 15) is 14.1 Å². The van der Waals surface area contributed by atoms with Crippen molar-refractivity contribution >= 4 is 39.7 Å². The summed E-state index contributed by atoms with van der Waals surface area (Å²) < 4.78 is 19.3. The van der Waals surface area contributed by atoms with Gasteiger partial charge in [-0.3, -0.25) is 0 Å². The smallest absolute Gasteiger partial charge is 0.342 e. The third-order valence-electron chi connectivity index (χ3n) is 2.99. The highest BCUT2D eigenvalue weighted by atomic mass is 79.9. The average Bonchev–Trinajstić information content (AvgIpc) is 2.54. The summed E-state index contributed by atoms with van der Waals surface area (Å²) in [7, 11) is 1.20. The minimum atomic E-state index is -0.745. The SMILES string of the molecule is COC(=O)c1c(Br)ccc(/C=C/c2ccc([NH+]=O)cc2)c1F. The van der Waals surface area contributed by atoms with E-state index in [1.165, 1.54) is 7.11 Å². The molecule has 4 nitrogen and oxygen atoms in total. The number of benzene rings is 2. The van der Waals surface area contributed by atoms with E-state index in [0.717, 1.165) is 5.56 Å². The minimum absolute atomic E-state index is 0.143. The Hall–Kier alpha value is -2.34. The van der Waals surface area contributed by atoms with Crippen molar-refractivity contribution in [1.29, 1.82) is 0 Å². The quantitative estimate of drug-likeness (QED) is 0.670. The molecule has 0 aliphatic heterocycles. The Morgan fingerprint density at radius 2 is 1.86 bits per heavy atom. The number of hydrogen-bond acceptors (Lipinski definition) is 3. The Morgan fingerprint density at radius 1 is 1.18 bits per heavy atom. The number of methoxy groups -OCH3 is 1. The zero-order chi connectivity index (χ0) is 16.1. The third kappa shape index (κ3) is 3.46. The van der Waals surface area contributed by atoms with E-state index in [2.05, 4.69) is 20.7 Å². The van der Waals surface area contributed by atoms with Crippen LogP contribution in [0, 0.1) is 10.7 Å². The summed E-state index contributed by atoms with van der Waals surface area (Å²) in [6.45, 7) is 0. The van der Waals surface area contributed by atoms with E-state index in [1.54, 1.807) is 53.7 Å². The third-order valence-corrected chi connectivity index (χ3v) is 3.66. The van der Waals surface area contributed by atoms with E-state index in [1.807, 2.05) is 0 Å². The molecule has 0 unspecified atom stereocenters. The molecule has 2 aromatic carbocycles. The molecule has 2 rings (SSSR count). The van der Waals surface area contributed by atoms with Gasteiger partial charge in [0, 0.05) is 32.3 Å². The van der Waals surface area contributed by atoms with Gasteiger partial charge in [-0.1, -0.05) is 18.2 Å². The van der Waals surface area contributed by atoms with Crippen molar-refractivity contribution in [3.63, 3.8) is 0 Å². The largest absolute Gasteiger partial charge is 0.465 e. The highest BCUT2D eigenvalue weighted by molar-refractivity contribution is 9.10. The summed E-state index contributed by atoms with van der Waals surface area (Å²) in [5.41, 5.74) is 1.35. The molecule has 0 atom stereocenters. The maximum Gasteiger partial charge on any atom is 0.342 e. The molecule has 112 valence electrons. The van der Waals surface area contributed by atoms with Crippen LogP contribution in [0.3, 0.4) is 0 Å². The molecule has 0 heterocycles. The summed E-state index contributed by atoms with van der Waals surface area (Å²) in [5.74, 6) is -1.40. The topological polar surface area (TPSA) is 57.3 Å². The molecule has 22 heavy (non-hydrogen) atoms. The second kappa shape index (κ2) is 7.09. The summed E-state index contributed by atoms with van der Waals surface area (Å²) in [5, 5.41) is 1.78. The number of carbonyl (C=O) groups excluding carboxylic acids is 1. The molecule has 0 aromatic heterocycles. The van der Waals surface area contributed by atoms with Crippen molar-refractivity contribution < 1.29 is 19.1 Å². The molecule has 0 aliphatic rings. The van der Waals surface area contributed by atoms with Gasteiger partial charge in [-0.05, 0) is 39.7 Å². The zero-order valence-corrected chi connectivity index (χ0v) is 13.2. The second-order valence-electron chi connectivity index (χ2n) is 4.37. The van der Waals surface area contributed by atoms with Crippen LogP contribution in [-0.4, -0.2) is 13.1 Å². The summed E-state index contributed by atoms with van der Waals surface area (Å²) in [6, 6.07) is 9.80. The van der Waals surface area contributed by atoms with E-state index >= 15 is 0 Å². The fraction of sp³-hybridized carbons (Fsp3) is 0.0625. The molecule has 0 saturated carbocycles. The number of nitrogens with one attached hydrogen (secondary N) is 1. The molecular formula is C16H12BrFNO3+. The van der Waals surface area contributed by atoms with Gasteiger partial charge in [0.15, 0.2) is 0 Å². The number of halogens is 2. The van der Waals surface area contributed by atoms with Crippen molar-refractivity contribution in [2.75, 3.05) is 7.11 Å². The average molecular weight is 365 g/mol. The number of hydrogen-bond donors (Lipinski definition) is 1. The number of ether oxygens (including phenoxy) is 1. The second-order valence-corrected chi connectivity index (χ2v) is 5.23. The van der Waals surface area contributed by atoms with E-state index < -0.39 is 11.8 Å². The number of nitroso groups, excluding NO2 is 1. The zero-order valence-electron chi connectivity index (χ0n) is 11.6. The van der Waals surface area contributed by atoms with Crippen LogP contribution in [0.15, 0.2) is 40.9 Å². The van der Waals surface area contributed by atoms with Gasteiger partial charge in [0.1, 0.15) is 11.4 Å². The molecular weight excluding hydrogens is 353 g/mol. The molecule has 6 heteroatoms. The van der Waals surface area contributed by atoms with Crippen molar-refractivity contribution in [1.82, 2.24) is 0 Å². The van der Waals surface area contributed by atoms with E-state index in [0.29, 0.717) is 10.2 Å². The fourth-order valence-electron chi connectivity index (χ4n) is 1.83. The molecule has 0 saturated heterocycles. The van der Waals surface area contributed by atoms with Gasteiger partial charge in [0.05, 0.1) is 7.11 Å². The van der Waals surface area contributed by atoms with Gasteiger partial charge in [-0.15, -0.1) is 0 Å². The lowest BCUT2D eigenvalue weighted by atomic mass is 10.1. The Balaban J connectivity index is 2.34. The lowest BCUT2D eigenvalue weighted by molar-refractivity contribution is -0.379. The maximum atomic E-state index is 14.4. The Kier molecular flexibility index (Phi) is 5.16. The first-order valence-electron chi connectivity index (χ1n) is 6.29. The standard InChI is InChI=1S/C16H11BrFNO3/c1-22-16(20)14-13(17)9-6-11(15(14)18)5-2-10-3-7-12(19-21)8-4-10/h2-9H,1H3/p+1/b5-2+. The van der Waals surface area contributed by atoms with Gasteiger partial charge in [0.25, 0.3) is 5.69 Å². The molecule has 0 radical (unpaired) electrons. The first-order valence-corrected chi connectivity index (χ1v) is 7.08. The summed E-state index contributed by atoms with van der Waals surface area (Å²) in [4.78, 5) is 22.1. The van der Waals surface area contributed by atoms with Gasteiger partial charge >= 0.3 is 5.97 Å². The first-order chi connectivity index (χ1) is 10.6. The monoisotopic (exact) mass is 364 g/mol. The fourth-order valence-corrected chi connectivity index (χ4v) is 2.30. The van der Waals surface area contributed by atoms with Crippen molar-refractivity contribution in [3.05, 3.63) is 68.3 Å². The molecule has 2 aromatic rings. The van der Waals surface area contributed by atoms with Crippen LogP contribution in [-0.2, 0) is 4.74 Å². The molecule has 0 fully saturated rings. The highest BCUT2D eigenvalue weighted by Gasteiger charge is 2.18. The summed E-state index contributed by atoms with van der Waals surface area (Å²) >= 11 is 3.13. The van der Waals surface area contributed by atoms with Crippen molar-refractivity contribution in [2.24, 2.45) is 0 Å². The van der Waals surface area contributed by atoms with Crippen LogP contribution >= 0.6 is 15.9 Å². The van der Waals surface area contributed by atoms with Crippen LogP contribution < -0.4 is 5.18 Å². The predicted octanol–water partition coefficient (Wildman–Crippen LogP) is 3.02. The number of esters is 1. The van der Waals surface area contributed by atoms with Crippen molar-refractivity contribution in [2.45, 2.75) is 0 Å². The highest BCUT2D eigenvalue weighted by Crippen LogP contribution is 2.25. The molecule has 0 amide bonds. The molecule has 0 aliphatic carbocycles. The van der Waals surface area contributed by atoms with Gasteiger partial charge in [0.2, 0.25) is 0 Å². The molecule has 0 bridgehead atoms. The first kappa shape index (κ1) is 16.0. The number of rotatable bonds is 4. The lowest BCUT2D eigenvalue weighted by Crippen LogP contribution is -2.55. The van der Waals surface area contributed by atoms with Crippen LogP contribution in [0.25, 0.3) is 12.2 Å². The van der Waals surface area contributed by atoms with Crippen LogP contribution in [0.1, 0.15) is 21.5 Å². The van der Waals surface area contributed by atoms with Gasteiger partial charge in [-0.2, -0.15) is 0 Å². The van der Waals surface area contributed by atoms with Gasteiger partial charge in [-0.25, -0.2) is 9.18 Å². The normalized spacial score (nSPS) is 10.7. The van der Waals surface area contributed by atoms with E-state index in [-0.39, 0.29) is 11.1 Å². The minimum Gasteiger partial charge on any atom is -0.465 e. The molecule has 0 spiro atoms. The Morgan fingerprint density at radius 3 is 2.45 bits per heavy atom. The lowest BCUT2D eigenvalue weighted by Gasteiger charge is -2.06. The number of carbonyl (C=O) groups is 1. The van der Waals surface area contributed by atoms with Gasteiger partial charge < -0.3 is 4.74 Å². The van der Waals surface area contributed by atoms with Crippen LogP contribution in [0.5, 0.6) is 0 Å². The Labute approximate surface area is 134 Å². The maximum absolute atomic E-state index is 14.4. The molecule has 1 N–H and O–H groups in total.